The van der Waals surface area contributed by atoms with Gasteiger partial charge in [0.2, 0.25) is 5.82 Å². The predicted octanol–water partition coefficient (Wildman–Crippen LogP) is 6.58. The molecule has 0 bridgehead atoms. The van der Waals surface area contributed by atoms with Crippen molar-refractivity contribution >= 4 is 12.6 Å². The molecule has 134 valence electrons. The molecule has 0 aliphatic heterocycles. The highest BCUT2D eigenvalue weighted by Gasteiger charge is 2.15. The van der Waals surface area contributed by atoms with Crippen molar-refractivity contribution in [3.63, 3.8) is 0 Å². The van der Waals surface area contributed by atoms with Crippen molar-refractivity contribution in [2.24, 2.45) is 0 Å². The van der Waals surface area contributed by atoms with Crippen LogP contribution in [0.3, 0.4) is 0 Å². The number of rotatable bonds is 9. The molecule has 0 heterocycles. The Morgan fingerprint density at radius 2 is 1.80 bits per heavy atom. The van der Waals surface area contributed by atoms with Crippen molar-refractivity contribution in [3.05, 3.63) is 66.4 Å². The van der Waals surface area contributed by atoms with Gasteiger partial charge < -0.3 is 4.74 Å². The zero-order valence-electron chi connectivity index (χ0n) is 14.5. The van der Waals surface area contributed by atoms with E-state index in [0.29, 0.717) is 10.8 Å². The fourth-order valence-corrected chi connectivity index (χ4v) is 3.25. The number of ether oxygens (including phenoxy) is 1. The summed E-state index contributed by atoms with van der Waals surface area (Å²) in [7, 11) is 0. The van der Waals surface area contributed by atoms with Crippen molar-refractivity contribution < 1.29 is 13.5 Å². The fraction of sp³-hybridized carbons (Fsp3) is 0.333. The zero-order chi connectivity index (χ0) is 18.2. The Morgan fingerprint density at radius 1 is 1.08 bits per heavy atom. The average molecular weight is 362 g/mol. The van der Waals surface area contributed by atoms with E-state index in [4.69, 9.17) is 4.74 Å². The van der Waals surface area contributed by atoms with Gasteiger partial charge in [0.25, 0.3) is 0 Å². The highest BCUT2D eigenvalue weighted by atomic mass is 32.1. The molecule has 0 fully saturated rings. The Bertz CT molecular complexity index is 698. The summed E-state index contributed by atoms with van der Waals surface area (Å²) in [6.45, 7) is 5.51. The molecule has 4 heteroatoms. The van der Waals surface area contributed by atoms with Gasteiger partial charge in [-0.05, 0) is 48.9 Å². The SMILES string of the molecule is C=COc1ccc(-c2ccc(CCCC(S)CCC)cc2)c(F)c1F. The molecular weight excluding hydrogens is 338 g/mol. The van der Waals surface area contributed by atoms with Crippen LogP contribution in [0.2, 0.25) is 0 Å². The van der Waals surface area contributed by atoms with E-state index in [1.807, 2.05) is 24.3 Å². The summed E-state index contributed by atoms with van der Waals surface area (Å²) in [5.41, 5.74) is 2.05. The van der Waals surface area contributed by atoms with Crippen LogP contribution in [0, 0.1) is 11.6 Å². The minimum atomic E-state index is -1.00. The molecule has 2 aromatic rings. The van der Waals surface area contributed by atoms with E-state index in [-0.39, 0.29) is 11.3 Å². The molecule has 1 atom stereocenters. The summed E-state index contributed by atoms with van der Waals surface area (Å²) in [4.78, 5) is 0. The molecule has 0 spiro atoms. The van der Waals surface area contributed by atoms with Crippen LogP contribution in [0.1, 0.15) is 38.2 Å². The second kappa shape index (κ2) is 9.62. The maximum atomic E-state index is 14.2. The highest BCUT2D eigenvalue weighted by molar-refractivity contribution is 7.80. The molecule has 0 saturated heterocycles. The van der Waals surface area contributed by atoms with Crippen molar-refractivity contribution in [1.82, 2.24) is 0 Å². The van der Waals surface area contributed by atoms with E-state index in [9.17, 15) is 8.78 Å². The summed E-state index contributed by atoms with van der Waals surface area (Å²) in [6, 6.07) is 10.5. The minimum absolute atomic E-state index is 0.166. The third-order valence-corrected chi connectivity index (χ3v) is 4.66. The van der Waals surface area contributed by atoms with Gasteiger partial charge in [0, 0.05) is 10.8 Å². The molecule has 25 heavy (non-hydrogen) atoms. The standard InChI is InChI=1S/C21H24F2OS/c1-3-6-17(25)8-5-7-15-9-11-16(12-10-15)18-13-14-19(24-4-2)21(23)20(18)22/h4,9-14,17,25H,2-3,5-8H2,1H3. The van der Waals surface area contributed by atoms with Gasteiger partial charge >= 0.3 is 0 Å². The Kier molecular flexibility index (Phi) is 7.51. The molecule has 0 saturated carbocycles. The number of halogens is 2. The van der Waals surface area contributed by atoms with Crippen molar-refractivity contribution in [2.45, 2.75) is 44.3 Å². The highest BCUT2D eigenvalue weighted by Crippen LogP contribution is 2.30. The third kappa shape index (κ3) is 5.33. The van der Waals surface area contributed by atoms with Crippen molar-refractivity contribution in [2.75, 3.05) is 0 Å². The number of aryl methyl sites for hydroxylation is 1. The van der Waals surface area contributed by atoms with E-state index >= 15 is 0 Å². The molecule has 0 aliphatic carbocycles. The Morgan fingerprint density at radius 3 is 2.44 bits per heavy atom. The van der Waals surface area contributed by atoms with Gasteiger partial charge in [-0.2, -0.15) is 17.0 Å². The van der Waals surface area contributed by atoms with Gasteiger partial charge in [-0.15, -0.1) is 0 Å². The first-order chi connectivity index (χ1) is 12.1. The monoisotopic (exact) mass is 362 g/mol. The van der Waals surface area contributed by atoms with Gasteiger partial charge in [0.1, 0.15) is 0 Å². The quantitative estimate of drug-likeness (QED) is 0.392. The van der Waals surface area contributed by atoms with Crippen LogP contribution in [0.25, 0.3) is 11.1 Å². The zero-order valence-corrected chi connectivity index (χ0v) is 15.4. The smallest absolute Gasteiger partial charge is 0.201 e. The topological polar surface area (TPSA) is 9.23 Å². The Hall–Kier alpha value is -1.81. The lowest BCUT2D eigenvalue weighted by Crippen LogP contribution is -1.99. The van der Waals surface area contributed by atoms with E-state index in [2.05, 4.69) is 26.1 Å². The maximum absolute atomic E-state index is 14.2. The lowest BCUT2D eigenvalue weighted by molar-refractivity contribution is 0.417. The number of hydrogen-bond donors (Lipinski definition) is 1. The van der Waals surface area contributed by atoms with Crippen LogP contribution >= 0.6 is 12.6 Å². The number of hydrogen-bond acceptors (Lipinski definition) is 2. The second-order valence-corrected chi connectivity index (χ2v) is 6.79. The molecule has 2 aromatic carbocycles. The summed E-state index contributed by atoms with van der Waals surface area (Å²) < 4.78 is 33.1. The van der Waals surface area contributed by atoms with Gasteiger partial charge in [0.05, 0.1) is 6.26 Å². The fourth-order valence-electron chi connectivity index (χ4n) is 2.81. The summed E-state index contributed by atoms with van der Waals surface area (Å²) in [6.07, 6.45) is 6.49. The van der Waals surface area contributed by atoms with Crippen molar-refractivity contribution in [1.29, 1.82) is 0 Å². The van der Waals surface area contributed by atoms with Crippen LogP contribution in [0.4, 0.5) is 8.78 Å². The molecule has 0 radical (unpaired) electrons. The maximum Gasteiger partial charge on any atom is 0.201 e. The molecule has 0 aromatic heterocycles. The molecule has 0 N–H and O–H groups in total. The van der Waals surface area contributed by atoms with Crippen LogP contribution in [-0.2, 0) is 6.42 Å². The van der Waals surface area contributed by atoms with E-state index < -0.39 is 11.6 Å². The van der Waals surface area contributed by atoms with Gasteiger partial charge in [-0.1, -0.05) is 44.2 Å². The summed E-state index contributed by atoms with van der Waals surface area (Å²) in [5.74, 6) is -2.08. The largest absolute Gasteiger partial charge is 0.462 e. The normalized spacial score (nSPS) is 12.0. The summed E-state index contributed by atoms with van der Waals surface area (Å²) >= 11 is 4.57. The molecule has 1 nitrogen and oxygen atoms in total. The predicted molar refractivity (Wildman–Crippen MR) is 103 cm³/mol. The first kappa shape index (κ1) is 19.5. The molecule has 2 rings (SSSR count). The number of benzene rings is 2. The van der Waals surface area contributed by atoms with Gasteiger partial charge in [0.15, 0.2) is 11.6 Å². The molecular formula is C21H24F2OS. The third-order valence-electron chi connectivity index (χ3n) is 4.15. The summed E-state index contributed by atoms with van der Waals surface area (Å²) in [5, 5.41) is 0.456. The average Bonchev–Trinajstić information content (AvgIpc) is 2.60. The Balaban J connectivity index is 2.05. The van der Waals surface area contributed by atoms with E-state index in [1.54, 1.807) is 0 Å². The van der Waals surface area contributed by atoms with Crippen LogP contribution in [0.15, 0.2) is 49.2 Å². The van der Waals surface area contributed by atoms with E-state index in [0.717, 1.165) is 38.4 Å². The van der Waals surface area contributed by atoms with Crippen LogP contribution in [0.5, 0.6) is 5.75 Å². The van der Waals surface area contributed by atoms with Gasteiger partial charge in [-0.25, -0.2) is 4.39 Å². The Labute approximate surface area is 154 Å². The van der Waals surface area contributed by atoms with E-state index in [1.165, 1.54) is 17.7 Å². The first-order valence-corrected chi connectivity index (χ1v) is 9.11. The van der Waals surface area contributed by atoms with Crippen molar-refractivity contribution in [3.8, 4) is 16.9 Å². The lowest BCUT2D eigenvalue weighted by atomic mass is 10.00. The molecule has 0 amide bonds. The molecule has 0 aliphatic rings. The lowest BCUT2D eigenvalue weighted by Gasteiger charge is -2.10. The second-order valence-electron chi connectivity index (χ2n) is 6.06. The number of thiol groups is 1. The van der Waals surface area contributed by atoms with Crippen LogP contribution < -0.4 is 4.74 Å². The van der Waals surface area contributed by atoms with Gasteiger partial charge in [-0.3, -0.25) is 0 Å². The van der Waals surface area contributed by atoms with Crippen LogP contribution in [-0.4, -0.2) is 5.25 Å². The minimum Gasteiger partial charge on any atom is -0.462 e. The first-order valence-electron chi connectivity index (χ1n) is 8.59. The molecule has 1 unspecified atom stereocenters.